The summed E-state index contributed by atoms with van der Waals surface area (Å²) in [5, 5.41) is 8.77. The Morgan fingerprint density at radius 1 is 1.10 bits per heavy atom. The van der Waals surface area contributed by atoms with Crippen LogP contribution in [-0.2, 0) is 4.74 Å². The topological polar surface area (TPSA) is 69.0 Å². The third-order valence-electron chi connectivity index (χ3n) is 6.48. The van der Waals surface area contributed by atoms with Gasteiger partial charge in [0, 0.05) is 32.1 Å². The summed E-state index contributed by atoms with van der Waals surface area (Å²) in [7, 11) is 1.76. The second-order valence-corrected chi connectivity index (χ2v) is 8.31. The summed E-state index contributed by atoms with van der Waals surface area (Å²) in [6, 6.07) is 7.75. The number of rotatable bonds is 4. The number of ether oxygens (including phenoxy) is 1. The fraction of sp³-hybridized carbons (Fsp3) is 0.455. The third kappa shape index (κ3) is 3.45. The lowest BCUT2D eigenvalue weighted by atomic mass is 9.77. The molecule has 2 fully saturated rings. The van der Waals surface area contributed by atoms with Gasteiger partial charge in [0.1, 0.15) is 5.69 Å². The first-order valence-corrected chi connectivity index (χ1v) is 10.4. The van der Waals surface area contributed by atoms with Gasteiger partial charge in [-0.1, -0.05) is 11.3 Å². The van der Waals surface area contributed by atoms with Gasteiger partial charge >= 0.3 is 0 Å². The van der Waals surface area contributed by atoms with Crippen LogP contribution in [0.5, 0.6) is 0 Å². The normalized spacial score (nSPS) is 26.0. The number of fused-ring (bicyclic) bond motifs is 1. The van der Waals surface area contributed by atoms with Crippen molar-refractivity contribution < 1.29 is 9.13 Å². The summed E-state index contributed by atoms with van der Waals surface area (Å²) in [6.07, 6.45) is 6.80. The summed E-state index contributed by atoms with van der Waals surface area (Å²) >= 11 is 0. The number of hydrogen-bond donors (Lipinski definition) is 0. The van der Waals surface area contributed by atoms with Gasteiger partial charge in [-0.05, 0) is 49.8 Å². The molecule has 4 heterocycles. The van der Waals surface area contributed by atoms with E-state index in [2.05, 4.69) is 25.2 Å². The molecule has 0 radical (unpaired) electrons. The molecule has 8 heteroatoms. The molecule has 0 unspecified atom stereocenters. The third-order valence-corrected chi connectivity index (χ3v) is 6.48. The summed E-state index contributed by atoms with van der Waals surface area (Å²) in [4.78, 5) is 10.6. The van der Waals surface area contributed by atoms with Crippen molar-refractivity contribution in [1.29, 1.82) is 0 Å². The zero-order chi connectivity index (χ0) is 20.7. The van der Waals surface area contributed by atoms with Gasteiger partial charge in [-0.15, -0.1) is 5.10 Å². The molecule has 156 valence electrons. The van der Waals surface area contributed by atoms with Crippen LogP contribution in [0.1, 0.15) is 24.6 Å². The number of hydrogen-bond acceptors (Lipinski definition) is 6. The number of anilines is 1. The van der Waals surface area contributed by atoms with Gasteiger partial charge in [-0.3, -0.25) is 9.97 Å². The smallest absolute Gasteiger partial charge is 0.164 e. The Kier molecular flexibility index (Phi) is 4.94. The van der Waals surface area contributed by atoms with Crippen LogP contribution < -0.4 is 4.90 Å². The summed E-state index contributed by atoms with van der Waals surface area (Å²) in [5.74, 6) is 0.668. The molecule has 0 N–H and O–H groups in total. The van der Waals surface area contributed by atoms with Crippen molar-refractivity contribution in [2.45, 2.75) is 31.9 Å². The van der Waals surface area contributed by atoms with E-state index in [1.807, 2.05) is 36.0 Å². The summed E-state index contributed by atoms with van der Waals surface area (Å²) < 4.78 is 22.0. The van der Waals surface area contributed by atoms with Crippen LogP contribution in [0.3, 0.4) is 0 Å². The van der Waals surface area contributed by atoms with E-state index in [4.69, 9.17) is 4.74 Å². The Bertz CT molecular complexity index is 1040. The minimum absolute atomic E-state index is 0.0495. The Labute approximate surface area is 174 Å². The van der Waals surface area contributed by atoms with Crippen LogP contribution in [0.2, 0.25) is 0 Å². The lowest BCUT2D eigenvalue weighted by Crippen LogP contribution is -2.37. The minimum atomic E-state index is -0.262. The van der Waals surface area contributed by atoms with E-state index in [0.29, 0.717) is 17.5 Å². The van der Waals surface area contributed by atoms with E-state index < -0.39 is 0 Å². The zero-order valence-corrected chi connectivity index (χ0v) is 17.1. The van der Waals surface area contributed by atoms with Crippen molar-refractivity contribution in [3.63, 3.8) is 0 Å². The molecule has 5 rings (SSSR count). The molecule has 3 aromatic rings. The van der Waals surface area contributed by atoms with Gasteiger partial charge in [0.2, 0.25) is 0 Å². The van der Waals surface area contributed by atoms with Gasteiger partial charge in [0.25, 0.3) is 0 Å². The molecule has 1 aliphatic heterocycles. The fourth-order valence-electron chi connectivity index (χ4n) is 4.98. The van der Waals surface area contributed by atoms with Crippen molar-refractivity contribution in [2.75, 3.05) is 25.1 Å². The van der Waals surface area contributed by atoms with Crippen molar-refractivity contribution in [2.24, 2.45) is 11.8 Å². The SMILES string of the molecule is CO[C@@H]1C[C@H]2CN(c3ccncc3F)C[C@H]2C[C@H]1n1cc(-c2cccc(C)n2)nn1. The van der Waals surface area contributed by atoms with E-state index in [0.717, 1.165) is 43.0 Å². The molecule has 2 aliphatic rings. The van der Waals surface area contributed by atoms with Gasteiger partial charge in [-0.2, -0.15) is 0 Å². The van der Waals surface area contributed by atoms with Crippen LogP contribution >= 0.6 is 0 Å². The maximum Gasteiger partial charge on any atom is 0.164 e. The Morgan fingerprint density at radius 2 is 1.93 bits per heavy atom. The number of halogens is 1. The average Bonchev–Trinajstić information content (AvgIpc) is 3.40. The summed E-state index contributed by atoms with van der Waals surface area (Å²) in [6.45, 7) is 3.64. The highest BCUT2D eigenvalue weighted by molar-refractivity contribution is 5.52. The van der Waals surface area contributed by atoms with Crippen molar-refractivity contribution >= 4 is 5.69 Å². The lowest BCUT2D eigenvalue weighted by molar-refractivity contribution is -0.00541. The molecular formula is C22H25FN6O. The molecule has 7 nitrogen and oxygen atoms in total. The lowest BCUT2D eigenvalue weighted by Gasteiger charge is -2.36. The highest BCUT2D eigenvalue weighted by Crippen LogP contribution is 2.43. The largest absolute Gasteiger partial charge is 0.379 e. The monoisotopic (exact) mass is 408 g/mol. The zero-order valence-electron chi connectivity index (χ0n) is 17.1. The van der Waals surface area contributed by atoms with Gasteiger partial charge in [0.15, 0.2) is 5.82 Å². The van der Waals surface area contributed by atoms with E-state index >= 15 is 0 Å². The van der Waals surface area contributed by atoms with Gasteiger partial charge < -0.3 is 9.64 Å². The van der Waals surface area contributed by atoms with Crippen LogP contribution in [0.15, 0.2) is 42.9 Å². The van der Waals surface area contributed by atoms with Crippen LogP contribution in [0.25, 0.3) is 11.4 Å². The molecule has 1 saturated carbocycles. The number of pyridine rings is 2. The second-order valence-electron chi connectivity index (χ2n) is 8.31. The highest BCUT2D eigenvalue weighted by atomic mass is 19.1. The van der Waals surface area contributed by atoms with E-state index in [9.17, 15) is 4.39 Å². The van der Waals surface area contributed by atoms with Crippen molar-refractivity contribution in [3.05, 3.63) is 54.4 Å². The van der Waals surface area contributed by atoms with Gasteiger partial charge in [0.05, 0.1) is 35.9 Å². The molecule has 0 aromatic carbocycles. The summed E-state index contributed by atoms with van der Waals surface area (Å²) in [5.41, 5.74) is 3.18. The Balaban J connectivity index is 1.37. The first kappa shape index (κ1) is 19.1. The maximum atomic E-state index is 14.2. The molecule has 0 bridgehead atoms. The predicted molar refractivity (Wildman–Crippen MR) is 110 cm³/mol. The predicted octanol–water partition coefficient (Wildman–Crippen LogP) is 3.29. The first-order valence-electron chi connectivity index (χ1n) is 10.4. The Hall–Kier alpha value is -2.87. The molecule has 0 spiro atoms. The second kappa shape index (κ2) is 7.75. The van der Waals surface area contributed by atoms with E-state index in [1.165, 1.54) is 6.20 Å². The number of aromatic nitrogens is 5. The molecule has 3 aromatic heterocycles. The molecule has 1 aliphatic carbocycles. The van der Waals surface area contributed by atoms with E-state index in [-0.39, 0.29) is 18.0 Å². The molecule has 0 amide bonds. The molecule has 4 atom stereocenters. The quantitative estimate of drug-likeness (QED) is 0.660. The highest BCUT2D eigenvalue weighted by Gasteiger charge is 2.44. The number of methoxy groups -OCH3 is 1. The molecule has 1 saturated heterocycles. The van der Waals surface area contributed by atoms with E-state index in [1.54, 1.807) is 19.4 Å². The van der Waals surface area contributed by atoms with Crippen LogP contribution in [0.4, 0.5) is 10.1 Å². The van der Waals surface area contributed by atoms with Gasteiger partial charge in [-0.25, -0.2) is 9.07 Å². The molecule has 30 heavy (non-hydrogen) atoms. The molecular weight excluding hydrogens is 383 g/mol. The average molecular weight is 408 g/mol. The van der Waals surface area contributed by atoms with Crippen molar-refractivity contribution in [3.8, 4) is 11.4 Å². The van der Waals surface area contributed by atoms with Crippen molar-refractivity contribution in [1.82, 2.24) is 25.0 Å². The van der Waals surface area contributed by atoms with Crippen LogP contribution in [-0.4, -0.2) is 51.3 Å². The Morgan fingerprint density at radius 3 is 2.70 bits per heavy atom. The standard InChI is InChI=1S/C22H25FN6O/c1-14-4-3-5-18(25-14)19-13-29(27-26-19)21-8-15-11-28(12-16(15)9-22(21)30-2)20-6-7-24-10-17(20)23/h3-7,10,13,15-16,21-22H,8-9,11-12H2,1-2H3/t15-,16+,21-,22-/m1/s1. The number of aryl methyl sites for hydroxylation is 1. The van der Waals surface area contributed by atoms with Crippen LogP contribution in [0, 0.1) is 24.6 Å². The fourth-order valence-corrected chi connectivity index (χ4v) is 4.98. The maximum absolute atomic E-state index is 14.2. The number of nitrogens with zero attached hydrogens (tertiary/aromatic N) is 6. The first-order chi connectivity index (χ1) is 14.6. The minimum Gasteiger partial charge on any atom is -0.379 e.